The zero-order valence-electron chi connectivity index (χ0n) is 7.82. The van der Waals surface area contributed by atoms with Crippen molar-refractivity contribution in [2.45, 2.75) is 6.92 Å². The number of esters is 1. The summed E-state index contributed by atoms with van der Waals surface area (Å²) in [6.07, 6.45) is 0. The fourth-order valence-corrected chi connectivity index (χ4v) is 0.786. The predicted molar refractivity (Wildman–Crippen MR) is 53.2 cm³/mol. The topological polar surface area (TPSA) is 43.4 Å². The quantitative estimate of drug-likeness (QED) is 0.524. The van der Waals surface area contributed by atoms with E-state index in [9.17, 15) is 9.59 Å². The largest absolute Gasteiger partial charge is 0.419 e. The van der Waals surface area contributed by atoms with Crippen LogP contribution in [0, 0.1) is 0 Å². The maximum atomic E-state index is 11.3. The molecule has 1 aromatic carbocycles. The summed E-state index contributed by atoms with van der Waals surface area (Å²) in [6.45, 7) is 4.94. The molecule has 0 amide bonds. The average Bonchev–Trinajstić information content (AvgIpc) is 2.32. The maximum Gasteiger partial charge on any atom is 0.338 e. The minimum absolute atomic E-state index is 0.0167. The van der Waals surface area contributed by atoms with E-state index in [1.54, 1.807) is 18.2 Å². The van der Waals surface area contributed by atoms with Crippen molar-refractivity contribution in [3.05, 3.63) is 52.7 Å². The highest BCUT2D eigenvalue weighted by molar-refractivity contribution is 5.88. The molecule has 0 spiro atoms. The molecule has 0 saturated heterocycles. The molecular formula is C11H10O3. The molecule has 0 aromatic heterocycles. The third kappa shape index (κ3) is 2.55. The molecule has 14 heavy (non-hydrogen) atoms. The Labute approximate surface area is 81.6 Å². The Hall–Kier alpha value is -1.90. The van der Waals surface area contributed by atoms with E-state index < -0.39 is 5.97 Å². The predicted octanol–water partition coefficient (Wildman–Crippen LogP) is 1.53. The highest BCUT2D eigenvalue weighted by atomic mass is 16.5. The van der Waals surface area contributed by atoms with Crippen molar-refractivity contribution >= 4 is 5.97 Å². The minimum atomic E-state index is -0.590. The second-order valence-electron chi connectivity index (χ2n) is 2.81. The van der Waals surface area contributed by atoms with Crippen LogP contribution < -0.4 is 10.2 Å². The monoisotopic (exact) mass is 190 g/mol. The van der Waals surface area contributed by atoms with Crippen LogP contribution in [0.5, 0.6) is 5.75 Å². The Kier molecular flexibility index (Phi) is 3.18. The summed E-state index contributed by atoms with van der Waals surface area (Å²) in [5.41, 5.74) is -0.0690. The standard InChI is InChI=1S/C11H10O3/c1-8(2)11(13)14-10-7-5-3-4-6-9(10)12/h3-7H,1H2,2H3. The van der Waals surface area contributed by atoms with E-state index in [4.69, 9.17) is 4.74 Å². The van der Waals surface area contributed by atoms with Crippen LogP contribution in [0.3, 0.4) is 0 Å². The number of carbonyl (C=O) groups excluding carboxylic acids is 1. The van der Waals surface area contributed by atoms with Gasteiger partial charge in [0.05, 0.1) is 0 Å². The molecule has 0 N–H and O–H groups in total. The van der Waals surface area contributed by atoms with Crippen LogP contribution in [0.15, 0.2) is 47.3 Å². The summed E-state index contributed by atoms with van der Waals surface area (Å²) < 4.78 is 4.82. The van der Waals surface area contributed by atoms with Crippen LogP contribution in [-0.2, 0) is 4.79 Å². The molecule has 0 heterocycles. The molecule has 0 aliphatic heterocycles. The molecule has 3 nitrogen and oxygen atoms in total. The zero-order valence-corrected chi connectivity index (χ0v) is 7.82. The van der Waals surface area contributed by atoms with Crippen molar-refractivity contribution in [2.24, 2.45) is 0 Å². The van der Waals surface area contributed by atoms with Gasteiger partial charge in [0.1, 0.15) is 0 Å². The van der Waals surface area contributed by atoms with Crippen LogP contribution in [0.1, 0.15) is 6.92 Å². The van der Waals surface area contributed by atoms with E-state index in [2.05, 4.69) is 6.58 Å². The van der Waals surface area contributed by atoms with Gasteiger partial charge in [0, 0.05) is 5.57 Å². The van der Waals surface area contributed by atoms with Gasteiger partial charge in [-0.3, -0.25) is 4.79 Å². The summed E-state index contributed by atoms with van der Waals surface area (Å²) in [4.78, 5) is 22.4. The lowest BCUT2D eigenvalue weighted by Gasteiger charge is -1.99. The first-order valence-electron chi connectivity index (χ1n) is 4.08. The second kappa shape index (κ2) is 4.37. The molecule has 0 aliphatic carbocycles. The van der Waals surface area contributed by atoms with Crippen LogP contribution in [0.2, 0.25) is 0 Å². The maximum absolute atomic E-state index is 11.3. The summed E-state index contributed by atoms with van der Waals surface area (Å²) in [6, 6.07) is 7.67. The van der Waals surface area contributed by atoms with Gasteiger partial charge < -0.3 is 4.74 Å². The molecule has 3 heteroatoms. The Bertz CT molecular complexity index is 421. The molecule has 0 radical (unpaired) electrons. The van der Waals surface area contributed by atoms with Gasteiger partial charge in [-0.2, -0.15) is 0 Å². The van der Waals surface area contributed by atoms with Crippen molar-refractivity contribution in [3.8, 4) is 5.75 Å². The Morgan fingerprint density at radius 1 is 1.29 bits per heavy atom. The lowest BCUT2D eigenvalue weighted by atomic mass is 10.3. The average molecular weight is 190 g/mol. The van der Waals surface area contributed by atoms with E-state index in [1.807, 2.05) is 0 Å². The summed E-state index contributed by atoms with van der Waals surface area (Å²) in [7, 11) is 0. The molecule has 0 saturated carbocycles. The second-order valence-corrected chi connectivity index (χ2v) is 2.81. The third-order valence-electron chi connectivity index (χ3n) is 1.51. The van der Waals surface area contributed by atoms with Gasteiger partial charge in [0.2, 0.25) is 5.43 Å². The van der Waals surface area contributed by atoms with Crippen molar-refractivity contribution in [2.75, 3.05) is 0 Å². The molecule has 0 unspecified atom stereocenters. The summed E-state index contributed by atoms with van der Waals surface area (Å²) in [5, 5.41) is 0. The first kappa shape index (κ1) is 10.2. The molecule has 0 fully saturated rings. The number of carbonyl (C=O) groups is 1. The molecule has 0 bridgehead atoms. The number of hydrogen-bond donors (Lipinski definition) is 0. The minimum Gasteiger partial charge on any atom is -0.419 e. The number of rotatable bonds is 2. The van der Waals surface area contributed by atoms with Crippen LogP contribution in [0.4, 0.5) is 0 Å². The van der Waals surface area contributed by atoms with E-state index >= 15 is 0 Å². The van der Waals surface area contributed by atoms with Crippen molar-refractivity contribution in [1.82, 2.24) is 0 Å². The van der Waals surface area contributed by atoms with Crippen molar-refractivity contribution < 1.29 is 9.53 Å². The van der Waals surface area contributed by atoms with Gasteiger partial charge in [-0.25, -0.2) is 4.79 Å². The van der Waals surface area contributed by atoms with Gasteiger partial charge in [-0.15, -0.1) is 0 Å². The highest BCUT2D eigenvalue weighted by Gasteiger charge is 2.06. The number of ether oxygens (including phenoxy) is 1. The van der Waals surface area contributed by atoms with Crippen LogP contribution >= 0.6 is 0 Å². The van der Waals surface area contributed by atoms with Gasteiger partial charge in [-0.1, -0.05) is 24.8 Å². The first-order valence-corrected chi connectivity index (χ1v) is 4.08. The zero-order chi connectivity index (χ0) is 10.6. The van der Waals surface area contributed by atoms with E-state index in [0.717, 1.165) is 0 Å². The van der Waals surface area contributed by atoms with Gasteiger partial charge in [-0.05, 0) is 19.1 Å². The third-order valence-corrected chi connectivity index (χ3v) is 1.51. The lowest BCUT2D eigenvalue weighted by Crippen LogP contribution is -2.13. The molecular weight excluding hydrogens is 180 g/mol. The van der Waals surface area contributed by atoms with E-state index in [-0.39, 0.29) is 16.8 Å². The molecule has 1 rings (SSSR count). The fraction of sp³-hybridized carbons (Fsp3) is 0.0909. The van der Waals surface area contributed by atoms with E-state index in [1.165, 1.54) is 19.1 Å². The Morgan fingerprint density at radius 3 is 2.57 bits per heavy atom. The van der Waals surface area contributed by atoms with Gasteiger partial charge in [0.15, 0.2) is 5.75 Å². The van der Waals surface area contributed by atoms with E-state index in [0.29, 0.717) is 0 Å². The molecule has 0 aliphatic rings. The van der Waals surface area contributed by atoms with Crippen molar-refractivity contribution in [1.29, 1.82) is 0 Å². The SMILES string of the molecule is C=C(C)C(=O)Oc1cccccc1=O. The smallest absolute Gasteiger partial charge is 0.338 e. The Balaban J connectivity index is 3.00. The molecule has 72 valence electrons. The lowest BCUT2D eigenvalue weighted by molar-refractivity contribution is -0.130. The first-order chi connectivity index (χ1) is 6.61. The number of hydrogen-bond acceptors (Lipinski definition) is 3. The normalized spacial score (nSPS) is 9.21. The molecule has 1 aromatic rings. The van der Waals surface area contributed by atoms with Gasteiger partial charge in [0.25, 0.3) is 0 Å². The molecule has 0 atom stereocenters. The highest BCUT2D eigenvalue weighted by Crippen LogP contribution is 2.03. The van der Waals surface area contributed by atoms with Gasteiger partial charge >= 0.3 is 5.97 Å². The van der Waals surface area contributed by atoms with Crippen LogP contribution in [-0.4, -0.2) is 5.97 Å². The van der Waals surface area contributed by atoms with Crippen molar-refractivity contribution in [3.63, 3.8) is 0 Å². The summed E-state index contributed by atoms with van der Waals surface area (Å²) >= 11 is 0. The summed E-state index contributed by atoms with van der Waals surface area (Å²) in [5.74, 6) is -0.573. The van der Waals surface area contributed by atoms with Crippen LogP contribution in [0.25, 0.3) is 0 Å². The Morgan fingerprint density at radius 2 is 1.93 bits per heavy atom. The fourth-order valence-electron chi connectivity index (χ4n) is 0.786.